The monoisotopic (exact) mass is 312 g/mol. The first-order valence-electron chi connectivity index (χ1n) is 7.23. The van der Waals surface area contributed by atoms with Gasteiger partial charge in [0.05, 0.1) is 10.7 Å². The van der Waals surface area contributed by atoms with E-state index in [9.17, 15) is 9.90 Å². The summed E-state index contributed by atoms with van der Waals surface area (Å²) < 4.78 is 0. The van der Waals surface area contributed by atoms with Gasteiger partial charge in [0.2, 0.25) is 0 Å². The molecule has 1 atom stereocenters. The molecule has 2 N–H and O–H groups in total. The van der Waals surface area contributed by atoms with E-state index >= 15 is 0 Å². The smallest absolute Gasteiger partial charge is 0.252 e. The summed E-state index contributed by atoms with van der Waals surface area (Å²) in [4.78, 5) is 18.1. The van der Waals surface area contributed by atoms with Gasteiger partial charge in [0.15, 0.2) is 5.60 Å². The minimum atomic E-state index is -1.15. The lowest BCUT2D eigenvalue weighted by atomic mass is 10.0. The molecule has 1 fully saturated rings. The molecule has 0 bridgehead atoms. The second-order valence-electron chi connectivity index (χ2n) is 5.52. The van der Waals surface area contributed by atoms with Gasteiger partial charge in [-0.15, -0.1) is 11.3 Å². The SMILES string of the molecule is O=C(NCCc1nc2c(s1)CCCC2)C1(O)CCSC1. The van der Waals surface area contributed by atoms with Gasteiger partial charge in [0, 0.05) is 23.6 Å². The number of carbonyl (C=O) groups excluding carboxylic acids is 1. The number of nitrogens with zero attached hydrogens (tertiary/aromatic N) is 1. The van der Waals surface area contributed by atoms with E-state index in [1.165, 1.54) is 23.4 Å². The molecule has 1 aromatic heterocycles. The molecule has 1 amide bonds. The molecule has 6 heteroatoms. The van der Waals surface area contributed by atoms with Crippen molar-refractivity contribution in [1.82, 2.24) is 10.3 Å². The summed E-state index contributed by atoms with van der Waals surface area (Å²) in [6.45, 7) is 0.568. The van der Waals surface area contributed by atoms with Crippen molar-refractivity contribution in [3.8, 4) is 0 Å². The zero-order valence-corrected chi connectivity index (χ0v) is 13.1. The van der Waals surface area contributed by atoms with Gasteiger partial charge in [-0.3, -0.25) is 4.79 Å². The minimum Gasteiger partial charge on any atom is -0.379 e. The van der Waals surface area contributed by atoms with Gasteiger partial charge in [0.25, 0.3) is 5.91 Å². The molecule has 1 aliphatic heterocycles. The fourth-order valence-electron chi connectivity index (χ4n) is 2.69. The Labute approximate surface area is 127 Å². The van der Waals surface area contributed by atoms with Crippen molar-refractivity contribution in [2.75, 3.05) is 18.1 Å². The van der Waals surface area contributed by atoms with Gasteiger partial charge in [-0.1, -0.05) is 0 Å². The standard InChI is InChI=1S/C14H20N2O2S2/c17-13(14(18)6-8-19-9-14)15-7-5-12-16-10-3-1-2-4-11(10)20-12/h18H,1-9H2,(H,15,17). The predicted octanol–water partition coefficient (Wildman–Crippen LogP) is 1.55. The molecule has 0 saturated carbocycles. The van der Waals surface area contributed by atoms with Crippen molar-refractivity contribution >= 4 is 29.0 Å². The molecule has 1 saturated heterocycles. The number of fused-ring (bicyclic) bond motifs is 1. The minimum absolute atomic E-state index is 0.219. The highest BCUT2D eigenvalue weighted by Crippen LogP contribution is 2.28. The summed E-state index contributed by atoms with van der Waals surface area (Å²) in [5.41, 5.74) is 0.126. The third kappa shape index (κ3) is 3.02. The van der Waals surface area contributed by atoms with E-state index in [1.807, 2.05) is 0 Å². The lowest BCUT2D eigenvalue weighted by Gasteiger charge is -2.19. The Hall–Kier alpha value is -0.590. The Morgan fingerprint density at radius 2 is 2.25 bits per heavy atom. The van der Waals surface area contributed by atoms with E-state index < -0.39 is 5.60 Å². The number of aromatic nitrogens is 1. The van der Waals surface area contributed by atoms with E-state index in [-0.39, 0.29) is 5.91 Å². The Morgan fingerprint density at radius 3 is 3.00 bits per heavy atom. The fourth-order valence-corrected chi connectivity index (χ4v) is 5.09. The summed E-state index contributed by atoms with van der Waals surface area (Å²) in [6.07, 6.45) is 6.13. The summed E-state index contributed by atoms with van der Waals surface area (Å²) in [5.74, 6) is 1.16. The van der Waals surface area contributed by atoms with Crippen LogP contribution in [0.25, 0.3) is 0 Å². The predicted molar refractivity (Wildman–Crippen MR) is 82.4 cm³/mol. The van der Waals surface area contributed by atoms with Crippen molar-refractivity contribution in [1.29, 1.82) is 0 Å². The van der Waals surface area contributed by atoms with Crippen LogP contribution in [-0.2, 0) is 24.1 Å². The van der Waals surface area contributed by atoms with Gasteiger partial charge < -0.3 is 10.4 Å². The zero-order valence-electron chi connectivity index (χ0n) is 11.5. The summed E-state index contributed by atoms with van der Waals surface area (Å²) in [6, 6.07) is 0. The van der Waals surface area contributed by atoms with Crippen LogP contribution in [0.15, 0.2) is 0 Å². The van der Waals surface area contributed by atoms with Gasteiger partial charge >= 0.3 is 0 Å². The molecule has 3 rings (SSSR count). The Kier molecular flexibility index (Phi) is 4.33. The zero-order chi connectivity index (χ0) is 14.0. The molecule has 1 unspecified atom stereocenters. The number of amides is 1. The first-order chi connectivity index (χ1) is 9.67. The van der Waals surface area contributed by atoms with Crippen LogP contribution in [-0.4, -0.2) is 39.6 Å². The summed E-state index contributed by atoms with van der Waals surface area (Å²) >= 11 is 3.43. The largest absolute Gasteiger partial charge is 0.379 e. The number of aryl methyl sites for hydroxylation is 2. The van der Waals surface area contributed by atoms with Crippen LogP contribution in [0, 0.1) is 0 Å². The average Bonchev–Trinajstić information content (AvgIpc) is 3.05. The molecule has 1 aliphatic carbocycles. The summed E-state index contributed by atoms with van der Waals surface area (Å²) in [5, 5.41) is 14.1. The number of carbonyl (C=O) groups is 1. The molecule has 2 heterocycles. The maximum atomic E-state index is 12.0. The van der Waals surface area contributed by atoms with Crippen molar-refractivity contribution in [3.05, 3.63) is 15.6 Å². The maximum Gasteiger partial charge on any atom is 0.252 e. The Morgan fingerprint density at radius 1 is 1.40 bits per heavy atom. The molecule has 0 radical (unpaired) electrons. The van der Waals surface area contributed by atoms with Crippen molar-refractivity contribution in [2.45, 2.75) is 44.1 Å². The normalized spacial score (nSPS) is 25.4. The number of aliphatic hydroxyl groups is 1. The molecule has 0 aromatic carbocycles. The van der Waals surface area contributed by atoms with Crippen LogP contribution in [0.5, 0.6) is 0 Å². The van der Waals surface area contributed by atoms with Crippen LogP contribution >= 0.6 is 23.1 Å². The van der Waals surface area contributed by atoms with Crippen molar-refractivity contribution in [3.63, 3.8) is 0 Å². The Balaban J connectivity index is 1.50. The summed E-state index contributed by atoms with van der Waals surface area (Å²) in [7, 11) is 0. The average molecular weight is 312 g/mol. The van der Waals surface area contributed by atoms with Crippen molar-refractivity contribution in [2.24, 2.45) is 0 Å². The van der Waals surface area contributed by atoms with Crippen LogP contribution in [0.1, 0.15) is 34.8 Å². The highest BCUT2D eigenvalue weighted by Gasteiger charge is 2.39. The molecular weight excluding hydrogens is 292 g/mol. The van der Waals surface area contributed by atoms with Crippen LogP contribution < -0.4 is 5.32 Å². The van der Waals surface area contributed by atoms with E-state index in [1.54, 1.807) is 23.1 Å². The third-order valence-corrected chi connectivity index (χ3v) is 6.33. The van der Waals surface area contributed by atoms with Crippen LogP contribution in [0.4, 0.5) is 0 Å². The first-order valence-corrected chi connectivity index (χ1v) is 9.20. The van der Waals surface area contributed by atoms with Gasteiger partial charge in [0.1, 0.15) is 0 Å². The number of thiazole rings is 1. The van der Waals surface area contributed by atoms with Gasteiger partial charge in [-0.2, -0.15) is 11.8 Å². The lowest BCUT2D eigenvalue weighted by molar-refractivity contribution is -0.137. The van der Waals surface area contributed by atoms with E-state index in [0.717, 1.165) is 30.0 Å². The second kappa shape index (κ2) is 6.03. The third-order valence-electron chi connectivity index (χ3n) is 3.94. The fraction of sp³-hybridized carbons (Fsp3) is 0.714. The maximum absolute atomic E-state index is 12.0. The topological polar surface area (TPSA) is 62.2 Å². The lowest BCUT2D eigenvalue weighted by Crippen LogP contribution is -2.47. The first kappa shape index (κ1) is 14.4. The van der Waals surface area contributed by atoms with E-state index in [0.29, 0.717) is 18.7 Å². The molecule has 2 aliphatic rings. The number of hydrogen-bond acceptors (Lipinski definition) is 5. The van der Waals surface area contributed by atoms with E-state index in [2.05, 4.69) is 10.3 Å². The highest BCUT2D eigenvalue weighted by atomic mass is 32.2. The molecule has 1 aromatic rings. The second-order valence-corrected chi connectivity index (χ2v) is 7.80. The molecule has 20 heavy (non-hydrogen) atoms. The quantitative estimate of drug-likeness (QED) is 0.885. The number of hydrogen-bond donors (Lipinski definition) is 2. The molecular formula is C14H20N2O2S2. The number of thioether (sulfide) groups is 1. The van der Waals surface area contributed by atoms with Crippen molar-refractivity contribution < 1.29 is 9.90 Å². The molecule has 110 valence electrons. The van der Waals surface area contributed by atoms with Crippen LogP contribution in [0.2, 0.25) is 0 Å². The molecule has 4 nitrogen and oxygen atoms in total. The number of rotatable bonds is 4. The number of nitrogens with one attached hydrogen (secondary N) is 1. The Bertz CT molecular complexity index is 472. The van der Waals surface area contributed by atoms with Gasteiger partial charge in [-0.25, -0.2) is 4.98 Å². The van der Waals surface area contributed by atoms with E-state index in [4.69, 9.17) is 0 Å². The van der Waals surface area contributed by atoms with Gasteiger partial charge in [-0.05, 0) is 37.9 Å². The highest BCUT2D eigenvalue weighted by molar-refractivity contribution is 7.99. The molecule has 0 spiro atoms. The van der Waals surface area contributed by atoms with Crippen LogP contribution in [0.3, 0.4) is 0 Å².